The highest BCUT2D eigenvalue weighted by Crippen LogP contribution is 2.36. The second-order valence-electron chi connectivity index (χ2n) is 7.77. The number of halogens is 1. The van der Waals surface area contributed by atoms with Crippen LogP contribution in [0.1, 0.15) is 23.6 Å². The Kier molecular flexibility index (Phi) is 7.31. The molecule has 3 aromatic rings. The molecule has 1 heterocycles. The van der Waals surface area contributed by atoms with Gasteiger partial charge in [-0.2, -0.15) is 0 Å². The number of aryl methyl sites for hydroxylation is 1. The highest BCUT2D eigenvalue weighted by atomic mass is 79.9. The molecule has 3 aromatic carbocycles. The lowest BCUT2D eigenvalue weighted by Crippen LogP contribution is -2.54. The lowest BCUT2D eigenvalue weighted by atomic mass is 10.1. The third-order valence-corrected chi connectivity index (χ3v) is 6.04. The van der Waals surface area contributed by atoms with Crippen molar-refractivity contribution in [3.8, 4) is 11.5 Å². The maximum Gasteiger partial charge on any atom is 0.335 e. The number of amides is 4. The second-order valence-corrected chi connectivity index (χ2v) is 8.63. The molecule has 0 spiro atoms. The van der Waals surface area contributed by atoms with E-state index in [1.165, 1.54) is 6.08 Å². The first-order valence-corrected chi connectivity index (χ1v) is 11.8. The van der Waals surface area contributed by atoms with Crippen LogP contribution in [0.5, 0.6) is 11.5 Å². The molecule has 1 fully saturated rings. The molecule has 0 atom stereocenters. The van der Waals surface area contributed by atoms with Crippen molar-refractivity contribution in [1.82, 2.24) is 5.32 Å². The number of hydrogen-bond acceptors (Lipinski definition) is 5. The number of anilines is 1. The number of barbiturate groups is 1. The van der Waals surface area contributed by atoms with Crippen molar-refractivity contribution in [2.75, 3.05) is 11.5 Å². The van der Waals surface area contributed by atoms with Gasteiger partial charge >= 0.3 is 6.03 Å². The minimum Gasteiger partial charge on any atom is -0.490 e. The fraction of sp³-hybridized carbons (Fsp3) is 0.148. The van der Waals surface area contributed by atoms with E-state index in [9.17, 15) is 14.4 Å². The number of urea groups is 1. The summed E-state index contributed by atoms with van der Waals surface area (Å²) in [6, 6.07) is 19.3. The van der Waals surface area contributed by atoms with Crippen molar-refractivity contribution in [1.29, 1.82) is 0 Å². The predicted molar refractivity (Wildman–Crippen MR) is 136 cm³/mol. The number of carbonyl (C=O) groups excluding carboxylic acids is 3. The van der Waals surface area contributed by atoms with E-state index in [2.05, 4.69) is 21.2 Å². The lowest BCUT2D eigenvalue weighted by molar-refractivity contribution is -0.122. The zero-order valence-corrected chi connectivity index (χ0v) is 20.8. The van der Waals surface area contributed by atoms with Gasteiger partial charge in [-0.05, 0) is 54.8 Å². The average Bonchev–Trinajstić information content (AvgIpc) is 2.84. The molecule has 0 radical (unpaired) electrons. The highest BCUT2D eigenvalue weighted by Gasteiger charge is 2.37. The third-order valence-electron chi connectivity index (χ3n) is 5.36. The van der Waals surface area contributed by atoms with Gasteiger partial charge in [-0.25, -0.2) is 9.69 Å². The minimum atomic E-state index is -0.787. The summed E-state index contributed by atoms with van der Waals surface area (Å²) < 4.78 is 12.3. The molecule has 1 aliphatic rings. The zero-order valence-electron chi connectivity index (χ0n) is 19.2. The number of benzene rings is 3. The third kappa shape index (κ3) is 5.27. The van der Waals surface area contributed by atoms with Gasteiger partial charge < -0.3 is 9.47 Å². The Morgan fingerprint density at radius 3 is 2.34 bits per heavy atom. The molecule has 8 heteroatoms. The fourth-order valence-electron chi connectivity index (χ4n) is 3.62. The molecular weight excluding hydrogens is 512 g/mol. The summed E-state index contributed by atoms with van der Waals surface area (Å²) in [6.45, 7) is 4.39. The van der Waals surface area contributed by atoms with Crippen LogP contribution < -0.4 is 19.7 Å². The normalized spacial score (nSPS) is 14.8. The van der Waals surface area contributed by atoms with Gasteiger partial charge in [-0.1, -0.05) is 64.5 Å². The highest BCUT2D eigenvalue weighted by molar-refractivity contribution is 9.10. The van der Waals surface area contributed by atoms with E-state index in [0.717, 1.165) is 16.0 Å². The number of para-hydroxylation sites is 1. The second kappa shape index (κ2) is 10.6. The summed E-state index contributed by atoms with van der Waals surface area (Å²) in [6.07, 6.45) is 1.43. The Morgan fingerprint density at radius 1 is 0.943 bits per heavy atom. The van der Waals surface area contributed by atoms with Crippen LogP contribution in [0.2, 0.25) is 0 Å². The van der Waals surface area contributed by atoms with Gasteiger partial charge in [-0.3, -0.25) is 14.9 Å². The van der Waals surface area contributed by atoms with Crippen molar-refractivity contribution < 1.29 is 23.9 Å². The Bertz CT molecular complexity index is 1320. The molecule has 0 aromatic heterocycles. The first kappa shape index (κ1) is 24.2. The molecule has 7 nitrogen and oxygen atoms in total. The first-order valence-electron chi connectivity index (χ1n) is 11.0. The van der Waals surface area contributed by atoms with Crippen molar-refractivity contribution >= 4 is 45.5 Å². The van der Waals surface area contributed by atoms with Crippen LogP contribution in [0.25, 0.3) is 6.08 Å². The average molecular weight is 535 g/mol. The molecule has 0 unspecified atom stereocenters. The molecular formula is C27H23BrN2O5. The molecule has 178 valence electrons. The maximum absolute atomic E-state index is 13.3. The van der Waals surface area contributed by atoms with E-state index in [1.807, 2.05) is 37.3 Å². The van der Waals surface area contributed by atoms with Crippen molar-refractivity contribution in [3.63, 3.8) is 0 Å². The van der Waals surface area contributed by atoms with Crippen LogP contribution in [0.3, 0.4) is 0 Å². The number of nitrogens with zero attached hydrogens (tertiary/aromatic N) is 1. The molecule has 35 heavy (non-hydrogen) atoms. The summed E-state index contributed by atoms with van der Waals surface area (Å²) in [4.78, 5) is 39.3. The molecule has 0 bridgehead atoms. The SMILES string of the molecule is CCOc1cc(/C=C2\C(=O)NC(=O)N(c3ccccc3C)C2=O)c(Br)cc1OCc1ccccc1. The van der Waals surface area contributed by atoms with Gasteiger partial charge in [0.25, 0.3) is 11.8 Å². The van der Waals surface area contributed by atoms with E-state index < -0.39 is 17.8 Å². The van der Waals surface area contributed by atoms with Gasteiger partial charge in [0.15, 0.2) is 11.5 Å². The molecule has 1 saturated heterocycles. The Balaban J connectivity index is 1.68. The van der Waals surface area contributed by atoms with Gasteiger partial charge in [-0.15, -0.1) is 0 Å². The molecule has 0 aliphatic carbocycles. The number of carbonyl (C=O) groups is 3. The summed E-state index contributed by atoms with van der Waals surface area (Å²) in [5, 5.41) is 2.25. The van der Waals surface area contributed by atoms with Gasteiger partial charge in [0, 0.05) is 4.47 Å². The van der Waals surface area contributed by atoms with Gasteiger partial charge in [0.1, 0.15) is 12.2 Å². The molecule has 4 rings (SSSR count). The van der Waals surface area contributed by atoms with Crippen molar-refractivity contribution in [3.05, 3.63) is 93.5 Å². The standard InChI is InChI=1S/C27H23BrN2O5/c1-3-34-23-14-19(21(28)15-24(23)35-16-18-10-5-4-6-11-18)13-20-25(31)29-27(33)30(26(20)32)22-12-8-7-9-17(22)2/h4-15H,3,16H2,1-2H3,(H,29,31,33)/b20-13+. The largest absolute Gasteiger partial charge is 0.490 e. The maximum atomic E-state index is 13.3. The number of imide groups is 2. The summed E-state index contributed by atoms with van der Waals surface area (Å²) in [5.74, 6) is -0.490. The van der Waals surface area contributed by atoms with Crippen LogP contribution >= 0.6 is 15.9 Å². The van der Waals surface area contributed by atoms with E-state index in [-0.39, 0.29) is 5.57 Å². The predicted octanol–water partition coefficient (Wildman–Crippen LogP) is 5.40. The Hall–Kier alpha value is -3.91. The van der Waals surface area contributed by atoms with Crippen molar-refractivity contribution in [2.24, 2.45) is 0 Å². The number of ether oxygens (including phenoxy) is 2. The fourth-order valence-corrected chi connectivity index (χ4v) is 4.06. The summed E-state index contributed by atoms with van der Waals surface area (Å²) in [5.41, 5.74) is 2.49. The van der Waals surface area contributed by atoms with E-state index in [4.69, 9.17) is 9.47 Å². The van der Waals surface area contributed by atoms with Gasteiger partial charge in [0.05, 0.1) is 12.3 Å². The van der Waals surface area contributed by atoms with E-state index in [0.29, 0.717) is 40.4 Å². The number of hydrogen-bond donors (Lipinski definition) is 1. The monoisotopic (exact) mass is 534 g/mol. The smallest absolute Gasteiger partial charge is 0.335 e. The van der Waals surface area contributed by atoms with E-state index in [1.54, 1.807) is 43.3 Å². The summed E-state index contributed by atoms with van der Waals surface area (Å²) >= 11 is 3.51. The van der Waals surface area contributed by atoms with Crippen LogP contribution in [0.4, 0.5) is 10.5 Å². The summed E-state index contributed by atoms with van der Waals surface area (Å²) in [7, 11) is 0. The van der Waals surface area contributed by atoms with Crippen LogP contribution in [0, 0.1) is 6.92 Å². The Labute approximate surface area is 211 Å². The topological polar surface area (TPSA) is 84.9 Å². The van der Waals surface area contributed by atoms with E-state index >= 15 is 0 Å². The molecule has 1 N–H and O–H groups in total. The Morgan fingerprint density at radius 2 is 1.63 bits per heavy atom. The first-order chi connectivity index (χ1) is 16.9. The van der Waals surface area contributed by atoms with Crippen molar-refractivity contribution in [2.45, 2.75) is 20.5 Å². The minimum absolute atomic E-state index is 0.172. The lowest BCUT2D eigenvalue weighted by Gasteiger charge is -2.27. The number of rotatable bonds is 7. The zero-order chi connectivity index (χ0) is 24.9. The molecule has 4 amide bonds. The number of nitrogens with one attached hydrogen (secondary N) is 1. The van der Waals surface area contributed by atoms with Crippen LogP contribution in [-0.4, -0.2) is 24.5 Å². The van der Waals surface area contributed by atoms with Crippen LogP contribution in [-0.2, 0) is 16.2 Å². The molecule has 1 aliphatic heterocycles. The quantitative estimate of drug-likeness (QED) is 0.324. The van der Waals surface area contributed by atoms with Gasteiger partial charge in [0.2, 0.25) is 0 Å². The van der Waals surface area contributed by atoms with Crippen LogP contribution in [0.15, 0.2) is 76.8 Å². The molecule has 0 saturated carbocycles.